The summed E-state index contributed by atoms with van der Waals surface area (Å²) in [6.45, 7) is 0. The van der Waals surface area contributed by atoms with E-state index in [-0.39, 0.29) is 76.2 Å². The monoisotopic (exact) mass is 1850 g/mol. The molecule has 0 atom stereocenters. The topological polar surface area (TPSA) is 387 Å². The van der Waals surface area contributed by atoms with E-state index in [1.165, 1.54) is 119 Å². The van der Waals surface area contributed by atoms with Gasteiger partial charge in [-0.25, -0.2) is 34.9 Å². The Kier molecular flexibility index (Phi) is 24.7. The summed E-state index contributed by atoms with van der Waals surface area (Å²) >= 11 is 42.8. The van der Waals surface area contributed by atoms with Crippen molar-refractivity contribution in [3.05, 3.63) is 347 Å². The van der Waals surface area contributed by atoms with E-state index in [4.69, 9.17) is 57.9 Å². The lowest BCUT2D eigenvalue weighted by atomic mass is 9.96. The average Bonchev–Trinajstić information content (AvgIpc) is 1.56. The molecule has 18 heterocycles. The van der Waals surface area contributed by atoms with Gasteiger partial charge in [-0.2, -0.15) is 90.7 Å². The maximum atomic E-state index is 13.6. The first-order valence-electron chi connectivity index (χ1n) is 31.7. The molecular weight excluding hydrogens is 1810 g/mol. The number of aromatic nitrogens is 11. The van der Waals surface area contributed by atoms with Gasteiger partial charge in [0.1, 0.15) is 70.6 Å². The van der Waals surface area contributed by atoms with E-state index in [0.717, 1.165) is 44.5 Å². The first-order valence-corrected chi connectivity index (χ1v) is 42.3. The number of hydrogen-bond acceptors (Lipinski definition) is 27. The number of carbonyl (C=O) groups excluding carboxylic acids is 5. The Labute approximate surface area is 699 Å². The number of nitrogens with two attached hydrogens (primary N) is 2. The molecule has 27 nitrogen and oxygen atoms in total. The van der Waals surface area contributed by atoms with Crippen molar-refractivity contribution in [1.29, 1.82) is 0 Å². The summed E-state index contributed by atoms with van der Waals surface area (Å²) in [4.78, 5) is 140. The van der Waals surface area contributed by atoms with Gasteiger partial charge >= 0.3 is 0 Å². The predicted octanol–water partition coefficient (Wildman–Crippen LogP) is 14.6. The highest BCUT2D eigenvalue weighted by Gasteiger charge is 2.51. The third-order valence-electron chi connectivity index (χ3n) is 16.5. The average molecular weight is 1850 g/mol. The summed E-state index contributed by atoms with van der Waals surface area (Å²) in [5.41, 5.74) is 12.1. The highest BCUT2D eigenvalue weighted by molar-refractivity contribution is 9.10. The fraction of sp³-hybridized carbons (Fsp3) is 0.0423. The van der Waals surface area contributed by atoms with Crippen LogP contribution < -0.4 is 60.3 Å². The van der Waals surface area contributed by atoms with Crippen molar-refractivity contribution in [1.82, 2.24) is 69.5 Å². The molecule has 112 heavy (non-hydrogen) atoms. The van der Waals surface area contributed by atoms with E-state index in [2.05, 4.69) is 98.3 Å². The number of aromatic amines is 1. The molecule has 564 valence electrons. The molecule has 3 aliphatic heterocycles. The molecule has 0 bridgehead atoms. The van der Waals surface area contributed by atoms with Gasteiger partial charge in [-0.1, -0.05) is 46.4 Å². The number of ketones is 1. The fourth-order valence-electron chi connectivity index (χ4n) is 11.7. The zero-order valence-electron chi connectivity index (χ0n) is 56.1. The van der Waals surface area contributed by atoms with Crippen LogP contribution >= 0.6 is 169 Å². The van der Waals surface area contributed by atoms with Crippen LogP contribution in [-0.2, 0) is 17.0 Å². The molecule has 4 amide bonds. The Bertz CT molecular complexity index is 5820. The largest absolute Gasteiger partial charge is 0.384 e. The second kappa shape index (κ2) is 34.7. The maximum absolute atomic E-state index is 13.6. The third kappa shape index (κ3) is 15.9. The quantitative estimate of drug-likeness (QED) is 0.0497. The minimum Gasteiger partial charge on any atom is -0.384 e. The molecule has 0 fully saturated rings. The van der Waals surface area contributed by atoms with Gasteiger partial charge in [0.25, 0.3) is 45.9 Å². The number of rotatable bonds is 13. The number of pyridine rings is 3. The zero-order chi connectivity index (χ0) is 79.0. The lowest BCUT2D eigenvalue weighted by molar-refractivity contribution is 0.0938. The van der Waals surface area contributed by atoms with Crippen LogP contribution in [0.15, 0.2) is 237 Å². The number of primary amides is 1. The van der Waals surface area contributed by atoms with Crippen molar-refractivity contribution in [2.45, 2.75) is 17.0 Å². The van der Waals surface area contributed by atoms with E-state index in [1.54, 1.807) is 59.5 Å². The molecule has 0 saturated carbocycles. The Morgan fingerprint density at radius 1 is 0.446 bits per heavy atom. The molecule has 18 rings (SSSR count). The lowest BCUT2D eigenvalue weighted by Gasteiger charge is -2.31. The fourth-order valence-corrected chi connectivity index (χ4v) is 19.1. The molecule has 10 N–H and O–H groups in total. The molecular formula is C71H46Br2Cl4N18O9S8. The molecule has 0 saturated heterocycles. The summed E-state index contributed by atoms with van der Waals surface area (Å²) in [7, 11) is 0. The van der Waals surface area contributed by atoms with Gasteiger partial charge < -0.3 is 43.0 Å². The number of amides is 4. The maximum Gasteiger partial charge on any atom is 0.281 e. The van der Waals surface area contributed by atoms with Crippen LogP contribution in [0.2, 0.25) is 20.2 Å². The first-order chi connectivity index (χ1) is 54.1. The number of nitrogen functional groups attached to an aromatic ring is 1. The number of nitrogens with one attached hydrogen (secondary N) is 6. The van der Waals surface area contributed by atoms with Gasteiger partial charge in [-0.15, -0.1) is 0 Å². The summed E-state index contributed by atoms with van der Waals surface area (Å²) in [5, 5.41) is 46.0. The highest BCUT2D eigenvalue weighted by atomic mass is 79.9. The van der Waals surface area contributed by atoms with E-state index in [9.17, 15) is 43.2 Å². The van der Waals surface area contributed by atoms with Gasteiger partial charge in [0.05, 0.1) is 19.5 Å². The van der Waals surface area contributed by atoms with Crippen molar-refractivity contribution in [3.8, 4) is 0 Å². The van der Waals surface area contributed by atoms with Crippen molar-refractivity contribution < 1.29 is 24.0 Å². The number of anilines is 5. The summed E-state index contributed by atoms with van der Waals surface area (Å²) in [6.07, 6.45) is 8.89. The number of carbonyl (C=O) groups is 5. The smallest absolute Gasteiger partial charge is 0.281 e. The predicted molar refractivity (Wildman–Crippen MR) is 447 cm³/mol. The lowest BCUT2D eigenvalue weighted by Crippen LogP contribution is -2.49. The van der Waals surface area contributed by atoms with Gasteiger partial charge in [-0.3, -0.25) is 56.9 Å². The zero-order valence-corrected chi connectivity index (χ0v) is 68.8. The summed E-state index contributed by atoms with van der Waals surface area (Å²) in [6, 6.07) is 24.4. The van der Waals surface area contributed by atoms with E-state index in [0.29, 0.717) is 21.9 Å². The molecule has 15 aromatic heterocycles. The molecule has 0 aromatic carbocycles. The van der Waals surface area contributed by atoms with Crippen molar-refractivity contribution in [3.63, 3.8) is 0 Å². The van der Waals surface area contributed by atoms with Crippen LogP contribution in [-0.4, -0.2) is 83.0 Å². The van der Waals surface area contributed by atoms with E-state index >= 15 is 0 Å². The van der Waals surface area contributed by atoms with Crippen molar-refractivity contribution in [2.24, 2.45) is 5.73 Å². The number of hydrogen-bond donors (Lipinski definition) is 8. The second-order valence-electron chi connectivity index (χ2n) is 23.0. The number of nitrogens with zero attached hydrogens (tertiary/aromatic N) is 10. The normalized spacial score (nSPS) is 13.3. The second-order valence-corrected chi connectivity index (χ2v) is 32.4. The van der Waals surface area contributed by atoms with Crippen LogP contribution in [0.3, 0.4) is 0 Å². The minimum atomic E-state index is -1.17. The summed E-state index contributed by atoms with van der Waals surface area (Å²) in [5.74, 6) is -0.469. The standard InChI is InChI=1S/2C19H12ClN5O2S2.C15H8BrClN2O2S2.C9H6OS2.C5H3BrClN3O2.C4H5N3/c2*20-13-7-14(23-15-1-4-21-10-22-15)18(27)25-16(13)17(26)24-19(25,11-2-5-28-8-11)12-3-6-29-9-12;16-10-5-11(17)12-13(20)18-15(19(12)14(10)21,8-1-3-22-6-8)9-2-4-23-7-9;10-9(7-1-3-11-5-7)8-2-4-12-6-8;6-2-5(12)9-1(4(8)11)3(7)10-2;5-4-1-2-6-3-7-4/h2*1-10H,(H,24,26)(H,21,22,23);1-7H,(H,18,20);1-6H;(H2,8,11)(H,9,12);1-3H,(H2,5,6,7). The van der Waals surface area contributed by atoms with Crippen LogP contribution in [0.4, 0.5) is 28.8 Å². The molecule has 0 unspecified atom stereocenters. The van der Waals surface area contributed by atoms with Crippen molar-refractivity contribution in [2.75, 3.05) is 16.4 Å². The van der Waals surface area contributed by atoms with Crippen LogP contribution in [0, 0.1) is 0 Å². The van der Waals surface area contributed by atoms with Crippen LogP contribution in [0.5, 0.6) is 0 Å². The number of thiophene rings is 8. The van der Waals surface area contributed by atoms with Gasteiger partial charge in [-0.05, 0) is 192 Å². The highest BCUT2D eigenvalue weighted by Crippen LogP contribution is 2.44. The number of H-pyrrole nitrogens is 1. The third-order valence-corrected chi connectivity index (χ3v) is 24.2. The van der Waals surface area contributed by atoms with Crippen LogP contribution in [0.1, 0.15) is 91.3 Å². The molecule has 0 spiro atoms. The SMILES string of the molecule is NC(=O)c1[nH]c(=O)c(Br)nc1Cl.Nc1ccncn1.O=C(c1ccsc1)c1ccsc1.O=C1NC(c2ccsc2)(c2ccsc2)n2c1c(Cl)cc(Br)c2=O.O=C1NC(c2ccsc2)(c2ccsc2)n2c1c(Cl)cc(Nc1ccncn1)c2=O.O=C1NC(c2ccsc2)(c2ccsc2)n2c1c(Cl)cc(Nc1ccncn1)c2=O. The van der Waals surface area contributed by atoms with Gasteiger partial charge in [0.15, 0.2) is 32.5 Å². The molecule has 15 aromatic rings. The van der Waals surface area contributed by atoms with Crippen LogP contribution in [0.25, 0.3) is 0 Å². The van der Waals surface area contributed by atoms with Crippen molar-refractivity contribution >= 4 is 227 Å². The molecule has 0 radical (unpaired) electrons. The summed E-state index contributed by atoms with van der Waals surface area (Å²) < 4.78 is 4.65. The van der Waals surface area contributed by atoms with E-state index < -0.39 is 51.4 Å². The van der Waals surface area contributed by atoms with Gasteiger partial charge in [0, 0.05) is 73.9 Å². The van der Waals surface area contributed by atoms with E-state index in [1.807, 2.05) is 135 Å². The Hall–Kier alpha value is -10.4. The first kappa shape index (κ1) is 79.7. The Balaban J connectivity index is 0.000000124. The van der Waals surface area contributed by atoms with Gasteiger partial charge in [0.2, 0.25) is 0 Å². The Morgan fingerprint density at radius 3 is 1.08 bits per heavy atom. The molecule has 41 heteroatoms. The molecule has 3 aliphatic rings. The Morgan fingerprint density at radius 2 is 0.786 bits per heavy atom. The molecule has 0 aliphatic carbocycles. The number of halogens is 6. The number of fused-ring (bicyclic) bond motifs is 3. The minimum absolute atomic E-state index is 0.0116.